The molecule has 1 fully saturated rings. The third kappa shape index (κ3) is 8.52. The molecule has 0 saturated carbocycles. The largest absolute Gasteiger partial charge is 0.392 e. The SMILES string of the molecule is C=C(C)C1CC=C(CO)CC1.O=[P@@]1(N(CCCl)CCCl)N[C@@H](OO)CCO1. The number of nitrogens with one attached hydrogen (secondary N) is 1. The van der Waals surface area contributed by atoms with Crippen LogP contribution in [0.1, 0.15) is 32.6 Å². The first kappa shape index (κ1) is 25.1. The second kappa shape index (κ2) is 13.3. The zero-order chi connectivity index (χ0) is 20.3. The zero-order valence-corrected chi connectivity index (χ0v) is 18.2. The summed E-state index contributed by atoms with van der Waals surface area (Å²) in [5.41, 5.74) is 2.47. The van der Waals surface area contributed by atoms with Gasteiger partial charge in [0.25, 0.3) is 0 Å². The highest BCUT2D eigenvalue weighted by atomic mass is 35.5. The molecule has 27 heavy (non-hydrogen) atoms. The van der Waals surface area contributed by atoms with E-state index in [2.05, 4.69) is 29.6 Å². The molecule has 158 valence electrons. The lowest BCUT2D eigenvalue weighted by molar-refractivity contribution is -0.286. The van der Waals surface area contributed by atoms with Crippen LogP contribution in [0.5, 0.6) is 0 Å². The van der Waals surface area contributed by atoms with Crippen LogP contribution in [0.3, 0.4) is 0 Å². The first-order valence-electron chi connectivity index (χ1n) is 9.04. The molecule has 3 N–H and O–H groups in total. The molecule has 0 spiro atoms. The lowest BCUT2D eigenvalue weighted by Gasteiger charge is -2.35. The molecule has 7 nitrogen and oxygen atoms in total. The van der Waals surface area contributed by atoms with Crippen molar-refractivity contribution in [3.63, 3.8) is 0 Å². The average molecular weight is 445 g/mol. The summed E-state index contributed by atoms with van der Waals surface area (Å²) in [4.78, 5) is 4.14. The summed E-state index contributed by atoms with van der Waals surface area (Å²) in [6.07, 6.45) is 5.19. The Bertz CT molecular complexity index is 529. The van der Waals surface area contributed by atoms with Crippen molar-refractivity contribution in [1.29, 1.82) is 0 Å². The molecule has 0 aromatic heterocycles. The predicted molar refractivity (Wildman–Crippen MR) is 109 cm³/mol. The Morgan fingerprint density at radius 3 is 2.56 bits per heavy atom. The Hall–Kier alpha value is 0.0500. The van der Waals surface area contributed by atoms with Gasteiger partial charge in [-0.2, -0.15) is 0 Å². The molecule has 2 rings (SSSR count). The molecule has 1 aliphatic carbocycles. The Kier molecular flexibility index (Phi) is 12.4. The molecule has 0 aromatic carbocycles. The molecule has 1 saturated heterocycles. The summed E-state index contributed by atoms with van der Waals surface area (Å²) in [6, 6.07) is 0. The highest BCUT2D eigenvalue weighted by Gasteiger charge is 2.37. The average Bonchev–Trinajstić information content (AvgIpc) is 2.68. The van der Waals surface area contributed by atoms with Crippen molar-refractivity contribution >= 4 is 30.9 Å². The van der Waals surface area contributed by atoms with Crippen LogP contribution in [0.2, 0.25) is 0 Å². The summed E-state index contributed by atoms with van der Waals surface area (Å²) in [6.45, 7) is 7.28. The second-order valence-electron chi connectivity index (χ2n) is 6.54. The van der Waals surface area contributed by atoms with Gasteiger partial charge in [0, 0.05) is 31.3 Å². The summed E-state index contributed by atoms with van der Waals surface area (Å²) < 4.78 is 19.1. The molecule has 0 aromatic rings. The number of halogens is 2. The summed E-state index contributed by atoms with van der Waals surface area (Å²) in [7, 11) is -3.20. The van der Waals surface area contributed by atoms with Crippen LogP contribution in [0.15, 0.2) is 23.8 Å². The fraction of sp³-hybridized carbons (Fsp3) is 0.765. The highest BCUT2D eigenvalue weighted by Crippen LogP contribution is 2.49. The number of alkyl halides is 2. The van der Waals surface area contributed by atoms with Crippen LogP contribution in [-0.4, -0.2) is 59.3 Å². The quantitative estimate of drug-likeness (QED) is 0.171. The maximum atomic E-state index is 12.4. The zero-order valence-electron chi connectivity index (χ0n) is 15.8. The van der Waals surface area contributed by atoms with Crippen molar-refractivity contribution in [2.24, 2.45) is 5.92 Å². The van der Waals surface area contributed by atoms with Gasteiger partial charge in [-0.3, -0.25) is 9.82 Å². The molecular weight excluding hydrogens is 414 g/mol. The van der Waals surface area contributed by atoms with Gasteiger partial charge in [-0.1, -0.05) is 18.2 Å². The molecule has 1 aliphatic heterocycles. The lowest BCUT2D eigenvalue weighted by atomic mass is 9.86. The topological polar surface area (TPSA) is 91.3 Å². The number of hydrogen-bond donors (Lipinski definition) is 3. The van der Waals surface area contributed by atoms with Crippen LogP contribution < -0.4 is 5.09 Å². The number of allylic oxidation sites excluding steroid dienone is 2. The van der Waals surface area contributed by atoms with Gasteiger partial charge in [0.15, 0.2) is 6.23 Å². The summed E-state index contributed by atoms with van der Waals surface area (Å²) >= 11 is 11.2. The molecule has 2 aliphatic rings. The van der Waals surface area contributed by atoms with Gasteiger partial charge in [-0.05, 0) is 37.7 Å². The number of hydrogen-bond acceptors (Lipinski definition) is 5. The van der Waals surface area contributed by atoms with Crippen LogP contribution in [0, 0.1) is 5.92 Å². The first-order chi connectivity index (χ1) is 12.9. The minimum atomic E-state index is -3.20. The Balaban J connectivity index is 0.000000289. The third-order valence-corrected chi connectivity index (χ3v) is 7.17. The van der Waals surface area contributed by atoms with Crippen LogP contribution in [0.4, 0.5) is 0 Å². The molecule has 0 radical (unpaired) electrons. The smallest absolute Gasteiger partial charge is 0.345 e. The van der Waals surface area contributed by atoms with Gasteiger partial charge in [-0.25, -0.2) is 14.6 Å². The number of rotatable bonds is 8. The molecular formula is C17H31Cl2N2O5P. The van der Waals surface area contributed by atoms with Gasteiger partial charge < -0.3 is 9.63 Å². The standard InChI is InChI=1S/C10H16O.C7H15Cl2N2O4P/c1-8(2)10-5-3-9(7-11)4-6-10;8-2-4-11(5-3-9)16(13)10-7(15-12)1-6-14-16/h3,10-11H,1,4-7H2,2H3;7,12H,1-6H2,(H,10,13)/t;7-,16-/m.0/s1. The minimum Gasteiger partial charge on any atom is -0.392 e. The molecule has 0 amide bonds. The van der Waals surface area contributed by atoms with E-state index >= 15 is 0 Å². The van der Waals surface area contributed by atoms with Crippen molar-refractivity contribution in [2.75, 3.05) is 38.1 Å². The van der Waals surface area contributed by atoms with E-state index in [0.29, 0.717) is 37.2 Å². The number of aliphatic hydroxyl groups is 1. The Labute approximate surface area is 171 Å². The molecule has 10 heteroatoms. The fourth-order valence-corrected chi connectivity index (χ4v) is 5.52. The van der Waals surface area contributed by atoms with Gasteiger partial charge in [0.2, 0.25) is 0 Å². The highest BCUT2D eigenvalue weighted by molar-refractivity contribution is 7.54. The molecule has 3 atom stereocenters. The molecule has 1 unspecified atom stereocenters. The van der Waals surface area contributed by atoms with Gasteiger partial charge in [0.1, 0.15) is 0 Å². The number of nitrogens with zero attached hydrogens (tertiary/aromatic N) is 1. The second-order valence-corrected chi connectivity index (χ2v) is 9.41. The summed E-state index contributed by atoms with van der Waals surface area (Å²) in [5.74, 6) is 1.29. The maximum Gasteiger partial charge on any atom is 0.345 e. The van der Waals surface area contributed by atoms with Crippen LogP contribution in [-0.2, 0) is 14.0 Å². The van der Waals surface area contributed by atoms with Crippen molar-refractivity contribution in [3.8, 4) is 0 Å². The molecule has 1 heterocycles. The predicted octanol–water partition coefficient (Wildman–Crippen LogP) is 3.98. The van der Waals surface area contributed by atoms with E-state index in [-0.39, 0.29) is 13.2 Å². The van der Waals surface area contributed by atoms with Gasteiger partial charge in [0.05, 0.1) is 13.2 Å². The monoisotopic (exact) mass is 444 g/mol. The lowest BCUT2D eigenvalue weighted by Crippen LogP contribution is -2.42. The maximum absolute atomic E-state index is 12.4. The van der Waals surface area contributed by atoms with E-state index in [4.69, 9.17) is 38.1 Å². The third-order valence-electron chi connectivity index (χ3n) is 4.54. The van der Waals surface area contributed by atoms with Gasteiger partial charge >= 0.3 is 7.67 Å². The van der Waals surface area contributed by atoms with Gasteiger partial charge in [-0.15, -0.1) is 23.2 Å². The van der Waals surface area contributed by atoms with Crippen molar-refractivity contribution < 1.29 is 24.3 Å². The first-order valence-corrected chi connectivity index (χ1v) is 11.7. The normalized spacial score (nSPS) is 28.3. The van der Waals surface area contributed by atoms with Crippen LogP contribution in [0.25, 0.3) is 0 Å². The van der Waals surface area contributed by atoms with Crippen molar-refractivity contribution in [1.82, 2.24) is 9.76 Å². The van der Waals surface area contributed by atoms with E-state index in [0.717, 1.165) is 12.8 Å². The fourth-order valence-electron chi connectivity index (χ4n) is 2.86. The minimum absolute atomic E-state index is 0.239. The molecule has 0 bridgehead atoms. The van der Waals surface area contributed by atoms with E-state index in [1.165, 1.54) is 22.2 Å². The number of aliphatic hydroxyl groups excluding tert-OH is 1. The Morgan fingerprint density at radius 2 is 2.11 bits per heavy atom. The van der Waals surface area contributed by atoms with Crippen LogP contribution >= 0.6 is 30.9 Å². The van der Waals surface area contributed by atoms with E-state index < -0.39 is 13.9 Å². The van der Waals surface area contributed by atoms with E-state index in [1.54, 1.807) is 0 Å². The Morgan fingerprint density at radius 1 is 1.44 bits per heavy atom. The summed E-state index contributed by atoms with van der Waals surface area (Å²) in [5, 5.41) is 20.0. The van der Waals surface area contributed by atoms with E-state index in [9.17, 15) is 4.57 Å². The van der Waals surface area contributed by atoms with E-state index in [1.807, 2.05) is 0 Å². The van der Waals surface area contributed by atoms with Crippen molar-refractivity contribution in [3.05, 3.63) is 23.8 Å². The van der Waals surface area contributed by atoms with Crippen molar-refractivity contribution in [2.45, 2.75) is 38.8 Å².